The first-order valence-electron chi connectivity index (χ1n) is 11.3. The lowest BCUT2D eigenvalue weighted by molar-refractivity contribution is 0.0792. The Morgan fingerprint density at radius 2 is 1.81 bits per heavy atom. The van der Waals surface area contributed by atoms with E-state index in [1.165, 1.54) is 5.56 Å². The second kappa shape index (κ2) is 11.1. The average molecular weight is 441 g/mol. The summed E-state index contributed by atoms with van der Waals surface area (Å²) >= 11 is 1.71. The number of nitrogens with zero attached hydrogens (tertiary/aromatic N) is 1. The third-order valence-corrected chi connectivity index (χ3v) is 7.23. The molecular formula is C25H32N2O3S. The maximum Gasteiger partial charge on any atom is 0.252 e. The highest BCUT2D eigenvalue weighted by Crippen LogP contribution is 2.27. The fraction of sp³-hybridized carbons (Fsp3) is 0.480. The molecule has 0 bridgehead atoms. The fourth-order valence-corrected chi connectivity index (χ4v) is 5.23. The van der Waals surface area contributed by atoms with E-state index in [-0.39, 0.29) is 12.0 Å². The predicted octanol–water partition coefficient (Wildman–Crippen LogP) is 3.84. The smallest absolute Gasteiger partial charge is 0.252 e. The quantitative estimate of drug-likeness (QED) is 0.611. The summed E-state index contributed by atoms with van der Waals surface area (Å²) in [5.41, 5.74) is 3.09. The molecule has 2 aromatic rings. The topological polar surface area (TPSA) is 61.8 Å². The molecule has 0 saturated carbocycles. The monoisotopic (exact) mass is 440 g/mol. The van der Waals surface area contributed by atoms with Crippen LogP contribution in [0.1, 0.15) is 47.2 Å². The second-order valence-electron chi connectivity index (χ2n) is 8.45. The summed E-state index contributed by atoms with van der Waals surface area (Å²) in [6.07, 6.45) is 4.12. The molecule has 2 N–H and O–H groups in total. The number of likely N-dealkylation sites (tertiary alicyclic amines) is 1. The first-order chi connectivity index (χ1) is 15.2. The normalized spacial score (nSPS) is 20.1. The van der Waals surface area contributed by atoms with Gasteiger partial charge in [0.1, 0.15) is 0 Å². The number of ether oxygens (including phenoxy) is 1. The van der Waals surface area contributed by atoms with Crippen molar-refractivity contribution in [2.24, 2.45) is 0 Å². The van der Waals surface area contributed by atoms with Gasteiger partial charge in [-0.25, -0.2) is 0 Å². The molecule has 166 valence electrons. The van der Waals surface area contributed by atoms with E-state index in [1.54, 1.807) is 11.8 Å². The van der Waals surface area contributed by atoms with E-state index in [2.05, 4.69) is 34.5 Å². The van der Waals surface area contributed by atoms with E-state index in [9.17, 15) is 9.90 Å². The molecule has 2 saturated heterocycles. The van der Waals surface area contributed by atoms with Crippen LogP contribution < -0.4 is 5.32 Å². The number of carbonyl (C=O) groups excluding carboxylic acids is 1. The molecule has 1 unspecified atom stereocenters. The van der Waals surface area contributed by atoms with Crippen LogP contribution in [0, 0.1) is 0 Å². The van der Waals surface area contributed by atoms with Crippen LogP contribution in [0.3, 0.4) is 0 Å². The van der Waals surface area contributed by atoms with Gasteiger partial charge in [0.05, 0.1) is 17.8 Å². The average Bonchev–Trinajstić information content (AvgIpc) is 3.32. The van der Waals surface area contributed by atoms with E-state index < -0.39 is 0 Å². The minimum absolute atomic E-state index is 0.0357. The lowest BCUT2D eigenvalue weighted by Crippen LogP contribution is -2.35. The Kier molecular flexibility index (Phi) is 8.03. The number of benzene rings is 2. The number of hydrogen-bond donors (Lipinski definition) is 2. The Labute approximate surface area is 189 Å². The molecule has 0 aromatic heterocycles. The van der Waals surface area contributed by atoms with Gasteiger partial charge < -0.3 is 15.2 Å². The molecule has 1 atom stereocenters. The summed E-state index contributed by atoms with van der Waals surface area (Å²) in [6.45, 7) is 4.17. The van der Waals surface area contributed by atoms with Gasteiger partial charge in [-0.15, -0.1) is 11.8 Å². The van der Waals surface area contributed by atoms with Crippen LogP contribution in [0.5, 0.6) is 0 Å². The number of thioether (sulfide) groups is 1. The van der Waals surface area contributed by atoms with Gasteiger partial charge in [-0.1, -0.05) is 36.4 Å². The number of nitrogens with one attached hydrogen (secondary N) is 1. The molecule has 2 fully saturated rings. The van der Waals surface area contributed by atoms with E-state index in [0.717, 1.165) is 73.7 Å². The standard InChI is InChI=1S/C25H32N2O3S/c28-21-11-13-27(14-12-21)17-20-9-7-19(8-10-20)16-26-25(29)23-5-1-2-6-24(23)31-18-22-4-3-15-30-22/h1-2,5-10,21-22,28H,3-4,11-18H2,(H,26,29). The van der Waals surface area contributed by atoms with Gasteiger partial charge in [0.2, 0.25) is 0 Å². The molecule has 5 nitrogen and oxygen atoms in total. The van der Waals surface area contributed by atoms with Gasteiger partial charge >= 0.3 is 0 Å². The number of amides is 1. The van der Waals surface area contributed by atoms with Crippen LogP contribution in [0.2, 0.25) is 0 Å². The second-order valence-corrected chi connectivity index (χ2v) is 9.51. The molecule has 2 heterocycles. The van der Waals surface area contributed by atoms with Crippen molar-refractivity contribution >= 4 is 17.7 Å². The fourth-order valence-electron chi connectivity index (χ4n) is 4.11. The molecule has 2 aromatic carbocycles. The lowest BCUT2D eigenvalue weighted by atomic mass is 10.1. The number of rotatable bonds is 8. The first-order valence-corrected chi connectivity index (χ1v) is 12.3. The van der Waals surface area contributed by atoms with Crippen molar-refractivity contribution in [3.8, 4) is 0 Å². The van der Waals surface area contributed by atoms with Crippen molar-refractivity contribution in [2.75, 3.05) is 25.4 Å². The van der Waals surface area contributed by atoms with E-state index >= 15 is 0 Å². The van der Waals surface area contributed by atoms with Crippen LogP contribution in [-0.2, 0) is 17.8 Å². The zero-order valence-corrected chi connectivity index (χ0v) is 18.8. The number of hydrogen-bond acceptors (Lipinski definition) is 5. The molecule has 0 radical (unpaired) electrons. The predicted molar refractivity (Wildman–Crippen MR) is 124 cm³/mol. The van der Waals surface area contributed by atoms with Crippen molar-refractivity contribution in [3.63, 3.8) is 0 Å². The molecule has 4 rings (SSSR count). The number of aliphatic hydroxyl groups excluding tert-OH is 1. The third-order valence-electron chi connectivity index (χ3n) is 6.02. The van der Waals surface area contributed by atoms with Gasteiger partial charge in [-0.2, -0.15) is 0 Å². The van der Waals surface area contributed by atoms with Crippen molar-refractivity contribution in [3.05, 3.63) is 65.2 Å². The maximum absolute atomic E-state index is 12.8. The Morgan fingerprint density at radius 3 is 2.55 bits per heavy atom. The molecule has 6 heteroatoms. The SMILES string of the molecule is O=C(NCc1ccc(CN2CCC(O)CC2)cc1)c1ccccc1SCC1CCCO1. The van der Waals surface area contributed by atoms with E-state index in [4.69, 9.17) is 4.74 Å². The van der Waals surface area contributed by atoms with Gasteiger partial charge in [0, 0.05) is 43.4 Å². The van der Waals surface area contributed by atoms with Crippen molar-refractivity contribution in [1.29, 1.82) is 0 Å². The van der Waals surface area contributed by atoms with Crippen LogP contribution in [-0.4, -0.2) is 53.6 Å². The zero-order chi connectivity index (χ0) is 21.5. The van der Waals surface area contributed by atoms with Crippen molar-refractivity contribution in [2.45, 2.75) is 55.9 Å². The molecule has 2 aliphatic heterocycles. The van der Waals surface area contributed by atoms with Gasteiger partial charge in [-0.3, -0.25) is 9.69 Å². The minimum atomic E-state index is -0.137. The summed E-state index contributed by atoms with van der Waals surface area (Å²) in [5.74, 6) is 0.855. The number of carbonyl (C=O) groups is 1. The first kappa shape index (κ1) is 22.3. The Hall–Kier alpha value is -1.86. The van der Waals surface area contributed by atoms with Gasteiger partial charge in [0.25, 0.3) is 5.91 Å². The molecular weight excluding hydrogens is 408 g/mol. The van der Waals surface area contributed by atoms with Crippen molar-refractivity contribution in [1.82, 2.24) is 10.2 Å². The summed E-state index contributed by atoms with van der Waals surface area (Å²) < 4.78 is 5.71. The maximum atomic E-state index is 12.8. The minimum Gasteiger partial charge on any atom is -0.393 e. The zero-order valence-electron chi connectivity index (χ0n) is 18.0. The van der Waals surface area contributed by atoms with E-state index in [0.29, 0.717) is 12.6 Å². The highest BCUT2D eigenvalue weighted by molar-refractivity contribution is 7.99. The molecule has 1 amide bonds. The Balaban J connectivity index is 1.27. The summed E-state index contributed by atoms with van der Waals surface area (Å²) in [5, 5.41) is 12.7. The summed E-state index contributed by atoms with van der Waals surface area (Å²) in [6, 6.07) is 16.3. The number of aliphatic hydroxyl groups is 1. The molecule has 31 heavy (non-hydrogen) atoms. The lowest BCUT2D eigenvalue weighted by Gasteiger charge is -2.29. The summed E-state index contributed by atoms with van der Waals surface area (Å²) in [4.78, 5) is 16.2. The summed E-state index contributed by atoms with van der Waals surface area (Å²) in [7, 11) is 0. The molecule has 0 aliphatic carbocycles. The van der Waals surface area contributed by atoms with Crippen LogP contribution >= 0.6 is 11.8 Å². The largest absolute Gasteiger partial charge is 0.393 e. The van der Waals surface area contributed by atoms with E-state index in [1.807, 2.05) is 24.3 Å². The highest BCUT2D eigenvalue weighted by atomic mass is 32.2. The van der Waals surface area contributed by atoms with Crippen LogP contribution in [0.15, 0.2) is 53.4 Å². The Morgan fingerprint density at radius 1 is 1.06 bits per heavy atom. The molecule has 2 aliphatic rings. The van der Waals surface area contributed by atoms with Gasteiger partial charge in [-0.05, 0) is 48.9 Å². The third kappa shape index (κ3) is 6.56. The van der Waals surface area contributed by atoms with Crippen LogP contribution in [0.25, 0.3) is 0 Å². The molecule has 0 spiro atoms. The Bertz CT molecular complexity index is 844. The van der Waals surface area contributed by atoms with Gasteiger partial charge in [0.15, 0.2) is 0 Å². The number of piperidine rings is 1. The van der Waals surface area contributed by atoms with Crippen LogP contribution in [0.4, 0.5) is 0 Å². The van der Waals surface area contributed by atoms with Crippen molar-refractivity contribution < 1.29 is 14.6 Å². The highest BCUT2D eigenvalue weighted by Gasteiger charge is 2.18.